The summed E-state index contributed by atoms with van der Waals surface area (Å²) in [5.74, 6) is 0.962. The van der Waals surface area contributed by atoms with Crippen LogP contribution in [0.15, 0.2) is 24.3 Å². The summed E-state index contributed by atoms with van der Waals surface area (Å²) in [7, 11) is 5.93. The average molecular weight is 264 g/mol. The van der Waals surface area contributed by atoms with Crippen LogP contribution in [0.5, 0.6) is 5.75 Å². The van der Waals surface area contributed by atoms with E-state index in [-0.39, 0.29) is 0 Å². The highest BCUT2D eigenvalue weighted by atomic mass is 16.5. The molecule has 1 unspecified atom stereocenters. The zero-order valence-corrected chi connectivity index (χ0v) is 12.8. The maximum absolute atomic E-state index is 5.45. The van der Waals surface area contributed by atoms with Crippen molar-refractivity contribution in [3.05, 3.63) is 29.8 Å². The molecule has 1 aromatic carbocycles. The normalized spacial score (nSPS) is 12.7. The highest BCUT2D eigenvalue weighted by molar-refractivity contribution is 5.36. The van der Waals surface area contributed by atoms with Crippen molar-refractivity contribution in [2.24, 2.45) is 0 Å². The number of para-hydroxylation sites is 1. The first kappa shape index (κ1) is 16.0. The molecule has 0 saturated carbocycles. The van der Waals surface area contributed by atoms with Gasteiger partial charge in [0.25, 0.3) is 0 Å². The third kappa shape index (κ3) is 5.21. The third-order valence-corrected chi connectivity index (χ3v) is 3.50. The average Bonchev–Trinajstić information content (AvgIpc) is 2.45. The zero-order valence-electron chi connectivity index (χ0n) is 12.8. The lowest BCUT2D eigenvalue weighted by Crippen LogP contribution is -2.32. The molecule has 19 heavy (non-hydrogen) atoms. The Kier molecular flexibility index (Phi) is 7.53. The van der Waals surface area contributed by atoms with Gasteiger partial charge < -0.3 is 15.0 Å². The minimum Gasteiger partial charge on any atom is -0.496 e. The predicted molar refractivity (Wildman–Crippen MR) is 81.8 cm³/mol. The van der Waals surface area contributed by atoms with Crippen molar-refractivity contribution in [2.45, 2.75) is 32.2 Å². The van der Waals surface area contributed by atoms with E-state index in [0.717, 1.165) is 18.8 Å². The van der Waals surface area contributed by atoms with Gasteiger partial charge in [0.05, 0.1) is 7.11 Å². The molecule has 0 radical (unpaired) electrons. The SMILES string of the molecule is CCCCCN(C)CC(NC)c1ccccc1OC. The molecule has 1 N–H and O–H groups in total. The van der Waals surface area contributed by atoms with E-state index in [0.29, 0.717) is 6.04 Å². The molecule has 0 aliphatic heterocycles. The first-order valence-electron chi connectivity index (χ1n) is 7.21. The Morgan fingerprint density at radius 2 is 2.00 bits per heavy atom. The minimum atomic E-state index is 0.308. The summed E-state index contributed by atoms with van der Waals surface area (Å²) in [5.41, 5.74) is 1.23. The van der Waals surface area contributed by atoms with Crippen LogP contribution < -0.4 is 10.1 Å². The monoisotopic (exact) mass is 264 g/mol. The molecule has 0 spiro atoms. The summed E-state index contributed by atoms with van der Waals surface area (Å²) >= 11 is 0. The number of hydrogen-bond acceptors (Lipinski definition) is 3. The molecule has 108 valence electrons. The Balaban J connectivity index is 2.61. The molecule has 0 aliphatic carbocycles. The lowest BCUT2D eigenvalue weighted by molar-refractivity contribution is 0.286. The third-order valence-electron chi connectivity index (χ3n) is 3.50. The lowest BCUT2D eigenvalue weighted by Gasteiger charge is -2.25. The van der Waals surface area contributed by atoms with Crippen LogP contribution in [0.1, 0.15) is 37.8 Å². The Morgan fingerprint density at radius 1 is 1.26 bits per heavy atom. The summed E-state index contributed by atoms with van der Waals surface area (Å²) < 4.78 is 5.45. The number of nitrogens with one attached hydrogen (secondary N) is 1. The molecule has 1 aromatic rings. The highest BCUT2D eigenvalue weighted by Crippen LogP contribution is 2.25. The Hall–Kier alpha value is -1.06. The van der Waals surface area contributed by atoms with Crippen molar-refractivity contribution in [1.29, 1.82) is 0 Å². The molecular weight excluding hydrogens is 236 g/mol. The van der Waals surface area contributed by atoms with E-state index in [2.05, 4.69) is 36.3 Å². The second-order valence-corrected chi connectivity index (χ2v) is 5.05. The second-order valence-electron chi connectivity index (χ2n) is 5.05. The minimum absolute atomic E-state index is 0.308. The van der Waals surface area contributed by atoms with Gasteiger partial charge in [0, 0.05) is 18.2 Å². The van der Waals surface area contributed by atoms with Gasteiger partial charge in [-0.15, -0.1) is 0 Å². The number of methoxy groups -OCH3 is 1. The van der Waals surface area contributed by atoms with Crippen LogP contribution in [0.2, 0.25) is 0 Å². The number of rotatable bonds is 9. The topological polar surface area (TPSA) is 24.5 Å². The van der Waals surface area contributed by atoms with Gasteiger partial charge in [0.1, 0.15) is 5.75 Å². The first-order chi connectivity index (χ1) is 9.22. The van der Waals surface area contributed by atoms with Gasteiger partial charge in [-0.05, 0) is 33.1 Å². The summed E-state index contributed by atoms with van der Waals surface area (Å²) in [5, 5.41) is 3.39. The van der Waals surface area contributed by atoms with Crippen LogP contribution in [0, 0.1) is 0 Å². The maximum atomic E-state index is 5.45. The molecule has 0 bridgehead atoms. The zero-order chi connectivity index (χ0) is 14.1. The molecule has 0 fully saturated rings. The van der Waals surface area contributed by atoms with Gasteiger partial charge in [-0.25, -0.2) is 0 Å². The van der Waals surface area contributed by atoms with E-state index >= 15 is 0 Å². The van der Waals surface area contributed by atoms with Gasteiger partial charge in [-0.3, -0.25) is 0 Å². The predicted octanol–water partition coefficient (Wildman–Crippen LogP) is 3.08. The van der Waals surface area contributed by atoms with Crippen molar-refractivity contribution in [2.75, 3.05) is 34.3 Å². The van der Waals surface area contributed by atoms with Crippen molar-refractivity contribution in [3.8, 4) is 5.75 Å². The van der Waals surface area contributed by atoms with Gasteiger partial charge in [-0.1, -0.05) is 38.0 Å². The van der Waals surface area contributed by atoms with E-state index in [4.69, 9.17) is 4.74 Å². The molecule has 1 rings (SSSR count). The van der Waals surface area contributed by atoms with Crippen LogP contribution in [-0.2, 0) is 0 Å². The van der Waals surface area contributed by atoms with Crippen LogP contribution in [0.3, 0.4) is 0 Å². The first-order valence-corrected chi connectivity index (χ1v) is 7.21. The lowest BCUT2D eigenvalue weighted by atomic mass is 10.1. The summed E-state index contributed by atoms with van der Waals surface area (Å²) in [6.45, 7) is 4.40. The van der Waals surface area contributed by atoms with Crippen LogP contribution in [-0.4, -0.2) is 39.2 Å². The van der Waals surface area contributed by atoms with Gasteiger partial charge >= 0.3 is 0 Å². The van der Waals surface area contributed by atoms with Crippen molar-refractivity contribution in [3.63, 3.8) is 0 Å². The molecule has 0 aliphatic rings. The summed E-state index contributed by atoms with van der Waals surface area (Å²) in [6, 6.07) is 8.55. The van der Waals surface area contributed by atoms with Crippen LogP contribution in [0.25, 0.3) is 0 Å². The van der Waals surface area contributed by atoms with E-state index in [9.17, 15) is 0 Å². The van der Waals surface area contributed by atoms with Crippen molar-refractivity contribution >= 4 is 0 Å². The largest absolute Gasteiger partial charge is 0.496 e. The molecule has 3 heteroatoms. The van der Waals surface area contributed by atoms with Gasteiger partial charge in [0.15, 0.2) is 0 Å². The number of unbranched alkanes of at least 4 members (excludes halogenated alkanes) is 2. The Labute approximate surface area is 118 Å². The molecule has 0 heterocycles. The van der Waals surface area contributed by atoms with Crippen LogP contribution >= 0.6 is 0 Å². The van der Waals surface area contributed by atoms with E-state index in [1.54, 1.807) is 7.11 Å². The summed E-state index contributed by atoms with van der Waals surface area (Å²) in [4.78, 5) is 2.39. The fourth-order valence-electron chi connectivity index (χ4n) is 2.33. The molecule has 1 atom stereocenters. The highest BCUT2D eigenvalue weighted by Gasteiger charge is 2.15. The fraction of sp³-hybridized carbons (Fsp3) is 0.625. The quantitative estimate of drug-likeness (QED) is 0.694. The van der Waals surface area contributed by atoms with E-state index < -0.39 is 0 Å². The second kappa shape index (κ2) is 8.94. The van der Waals surface area contributed by atoms with Crippen LogP contribution in [0.4, 0.5) is 0 Å². The molecule has 3 nitrogen and oxygen atoms in total. The molecule has 0 amide bonds. The number of likely N-dealkylation sites (N-methyl/N-ethyl adjacent to an activating group) is 2. The van der Waals surface area contributed by atoms with E-state index in [1.807, 2.05) is 19.2 Å². The Morgan fingerprint density at radius 3 is 2.63 bits per heavy atom. The standard InChI is InChI=1S/C16H28N2O/c1-5-6-9-12-18(3)13-15(17-2)14-10-7-8-11-16(14)19-4/h7-8,10-11,15,17H,5-6,9,12-13H2,1-4H3. The number of hydrogen-bond donors (Lipinski definition) is 1. The fourth-order valence-corrected chi connectivity index (χ4v) is 2.33. The van der Waals surface area contributed by atoms with Gasteiger partial charge in [0.2, 0.25) is 0 Å². The smallest absolute Gasteiger partial charge is 0.123 e. The van der Waals surface area contributed by atoms with E-state index in [1.165, 1.54) is 24.8 Å². The van der Waals surface area contributed by atoms with Crippen molar-refractivity contribution < 1.29 is 4.74 Å². The number of benzene rings is 1. The molecular formula is C16H28N2O. The number of nitrogens with zero attached hydrogens (tertiary/aromatic N) is 1. The maximum Gasteiger partial charge on any atom is 0.123 e. The Bertz CT molecular complexity index is 354. The molecule has 0 saturated heterocycles. The summed E-state index contributed by atoms with van der Waals surface area (Å²) in [6.07, 6.45) is 3.86. The number of ether oxygens (including phenoxy) is 1. The van der Waals surface area contributed by atoms with Crippen molar-refractivity contribution in [1.82, 2.24) is 10.2 Å². The molecule has 0 aromatic heterocycles. The van der Waals surface area contributed by atoms with Gasteiger partial charge in [-0.2, -0.15) is 0 Å².